The number of amides is 2. The topological polar surface area (TPSA) is 87.5 Å². The molecule has 0 saturated carbocycles. The van der Waals surface area contributed by atoms with Crippen LogP contribution in [0.25, 0.3) is 16.8 Å². The molecule has 0 spiro atoms. The quantitative estimate of drug-likeness (QED) is 0.415. The number of carbonyl (C=O) groups is 2. The lowest BCUT2D eigenvalue weighted by molar-refractivity contribution is -0.139. The third-order valence-electron chi connectivity index (χ3n) is 8.12. The van der Waals surface area contributed by atoms with E-state index in [0.29, 0.717) is 34.5 Å². The number of fused-ring (bicyclic) bond motifs is 3. The van der Waals surface area contributed by atoms with Crippen LogP contribution >= 0.6 is 11.8 Å². The lowest BCUT2D eigenvalue weighted by Gasteiger charge is -2.30. The van der Waals surface area contributed by atoms with Crippen LogP contribution in [0.4, 0.5) is 8.78 Å². The Morgan fingerprint density at radius 1 is 1.15 bits per heavy atom. The Hall–Kier alpha value is -3.59. The van der Waals surface area contributed by atoms with Gasteiger partial charge in [0, 0.05) is 39.9 Å². The monoisotopic (exact) mass is 564 g/mol. The van der Waals surface area contributed by atoms with Gasteiger partial charge in [-0.25, -0.2) is 0 Å². The number of thioether (sulfide) groups is 1. The predicted molar refractivity (Wildman–Crippen MR) is 156 cm³/mol. The summed E-state index contributed by atoms with van der Waals surface area (Å²) >= 11 is 1.63. The van der Waals surface area contributed by atoms with E-state index < -0.39 is 12.0 Å². The molecule has 0 radical (unpaired) electrons. The minimum absolute atomic E-state index is 0.00868. The summed E-state index contributed by atoms with van der Waals surface area (Å²) in [6.07, 6.45) is 2.06. The molecule has 2 aliphatic heterocycles. The largest absolute Gasteiger partial charge is 0.399 e. The molecular weight excluding hydrogens is 530 g/mol. The number of rotatable bonds is 8. The molecule has 0 aromatic heterocycles. The zero-order chi connectivity index (χ0) is 28.8. The van der Waals surface area contributed by atoms with Crippen LogP contribution in [0, 0.1) is 0 Å². The Kier molecular flexibility index (Phi) is 7.52. The molecule has 0 bridgehead atoms. The summed E-state index contributed by atoms with van der Waals surface area (Å²) in [5.41, 5.74) is 9.35. The number of benzene rings is 2. The van der Waals surface area contributed by atoms with Crippen molar-refractivity contribution in [3.05, 3.63) is 89.0 Å². The molecule has 2 heterocycles. The minimum atomic E-state index is -3.05. The smallest absolute Gasteiger partial charge is 0.299 e. The van der Waals surface area contributed by atoms with Crippen molar-refractivity contribution in [3.63, 3.8) is 0 Å². The van der Waals surface area contributed by atoms with E-state index in [-0.39, 0.29) is 46.8 Å². The second-order valence-corrected chi connectivity index (χ2v) is 11.9. The van der Waals surface area contributed by atoms with E-state index in [9.17, 15) is 18.4 Å². The summed E-state index contributed by atoms with van der Waals surface area (Å²) in [6, 6.07) is 10.5. The van der Waals surface area contributed by atoms with Crippen LogP contribution in [-0.4, -0.2) is 46.6 Å². The van der Waals surface area contributed by atoms with Crippen LogP contribution in [-0.2, 0) is 15.5 Å². The zero-order valence-electron chi connectivity index (χ0n) is 22.7. The van der Waals surface area contributed by atoms with Crippen molar-refractivity contribution in [2.75, 3.05) is 6.54 Å². The van der Waals surface area contributed by atoms with Crippen molar-refractivity contribution in [3.8, 4) is 11.1 Å². The molecule has 2 amide bonds. The molecule has 6 nitrogen and oxygen atoms in total. The molecular formula is C31H34F2N4O2S. The highest BCUT2D eigenvalue weighted by Gasteiger charge is 2.44. The van der Waals surface area contributed by atoms with E-state index in [0.717, 1.165) is 18.4 Å². The van der Waals surface area contributed by atoms with Gasteiger partial charge in [0.2, 0.25) is 11.8 Å². The number of nitrogens with zero attached hydrogens (tertiary/aromatic N) is 1. The molecule has 9 heteroatoms. The van der Waals surface area contributed by atoms with Crippen LogP contribution in [0.5, 0.6) is 0 Å². The van der Waals surface area contributed by atoms with Gasteiger partial charge in [-0.3, -0.25) is 9.59 Å². The zero-order valence-corrected chi connectivity index (χ0v) is 23.5. The van der Waals surface area contributed by atoms with Crippen LogP contribution < -0.4 is 16.4 Å². The second-order valence-electron chi connectivity index (χ2n) is 10.8. The molecule has 1 fully saturated rings. The van der Waals surface area contributed by atoms with Crippen molar-refractivity contribution in [1.82, 2.24) is 15.5 Å². The molecule has 2 aromatic carbocycles. The first kappa shape index (κ1) is 28.0. The van der Waals surface area contributed by atoms with Gasteiger partial charge in [0.05, 0.1) is 6.54 Å². The van der Waals surface area contributed by atoms with Crippen molar-refractivity contribution in [2.45, 2.75) is 62.4 Å². The molecule has 4 atom stereocenters. The van der Waals surface area contributed by atoms with E-state index in [1.54, 1.807) is 47.0 Å². The number of allylic oxidation sites excluding steroid dienone is 1. The molecule has 3 unspecified atom stereocenters. The van der Waals surface area contributed by atoms with E-state index in [1.165, 1.54) is 12.1 Å². The van der Waals surface area contributed by atoms with Gasteiger partial charge in [0.15, 0.2) is 0 Å². The molecule has 40 heavy (non-hydrogen) atoms. The number of hydrogen-bond acceptors (Lipinski definition) is 5. The number of nitrogens with two attached hydrogens (primary N) is 1. The summed E-state index contributed by atoms with van der Waals surface area (Å²) in [4.78, 5) is 28.2. The summed E-state index contributed by atoms with van der Waals surface area (Å²) in [7, 11) is 0. The van der Waals surface area contributed by atoms with Crippen LogP contribution in [0.15, 0.2) is 72.3 Å². The lowest BCUT2D eigenvalue weighted by Crippen LogP contribution is -2.53. The molecule has 210 valence electrons. The highest BCUT2D eigenvalue weighted by molar-refractivity contribution is 8.03. The number of halogens is 2. The Balaban J connectivity index is 1.21. The molecule has 1 saturated heterocycles. The summed E-state index contributed by atoms with van der Waals surface area (Å²) in [5.74, 6) is -3.43. The van der Waals surface area contributed by atoms with Gasteiger partial charge in [0.25, 0.3) is 5.92 Å². The first-order valence-corrected chi connectivity index (χ1v) is 14.4. The molecule has 2 aromatic rings. The standard InChI is InChI=1S/C31H34F2N4O2S/c1-17-9-12-27(30(39)36-20(4)28-14-22(16-40-28)18(2)34)37(17)29(38)15-35-19(3)21-10-11-26-24(13-21)23-7-5-6-8-25(23)31(26,32)33/h5-8,10-11,13,16-17,20,27-28,35H,2-3,9,12,14-15,34H2,1,4H3,(H,36,39)/t17?,20-,27?,28?/m1/s1. The van der Waals surface area contributed by atoms with Gasteiger partial charge in [-0.1, -0.05) is 49.6 Å². The third kappa shape index (κ3) is 5.03. The molecule has 1 aliphatic carbocycles. The van der Waals surface area contributed by atoms with E-state index in [4.69, 9.17) is 5.73 Å². The molecule has 5 rings (SSSR count). The van der Waals surface area contributed by atoms with Crippen molar-refractivity contribution < 1.29 is 18.4 Å². The Morgan fingerprint density at radius 3 is 2.60 bits per heavy atom. The average Bonchev–Trinajstić information content (AvgIpc) is 3.63. The number of alkyl halides is 2. The third-order valence-corrected chi connectivity index (χ3v) is 9.47. The fraction of sp³-hybridized carbons (Fsp3) is 0.355. The fourth-order valence-corrected chi connectivity index (χ4v) is 6.97. The fourth-order valence-electron chi connectivity index (χ4n) is 5.80. The first-order valence-electron chi connectivity index (χ1n) is 13.4. The van der Waals surface area contributed by atoms with Gasteiger partial charge in [-0.15, -0.1) is 11.8 Å². The summed E-state index contributed by atoms with van der Waals surface area (Å²) in [5, 5.41) is 8.31. The molecule has 3 aliphatic rings. The predicted octanol–water partition coefficient (Wildman–Crippen LogP) is 5.11. The van der Waals surface area contributed by atoms with Crippen molar-refractivity contribution in [2.24, 2.45) is 5.73 Å². The number of hydrogen-bond donors (Lipinski definition) is 3. The second kappa shape index (κ2) is 10.8. The van der Waals surface area contributed by atoms with Crippen molar-refractivity contribution in [1.29, 1.82) is 0 Å². The maximum Gasteiger partial charge on any atom is 0.299 e. The normalized spacial score (nSPS) is 23.1. The lowest BCUT2D eigenvalue weighted by atomic mass is 10.0. The van der Waals surface area contributed by atoms with E-state index in [2.05, 4.69) is 23.8 Å². The number of likely N-dealkylation sites (tertiary alicyclic amines) is 1. The first-order chi connectivity index (χ1) is 19.0. The Bertz CT molecular complexity index is 1420. The van der Waals surface area contributed by atoms with E-state index in [1.807, 2.05) is 19.3 Å². The van der Waals surface area contributed by atoms with Crippen LogP contribution in [0.2, 0.25) is 0 Å². The number of carbonyl (C=O) groups excluding carboxylic acids is 2. The SMILES string of the molecule is C=C(N)C1=CSC([C@@H](C)NC(=O)C2CCC(C)N2C(=O)CNC(=C)c2ccc3c(c2)-c2ccccc2C3(F)F)C1. The van der Waals surface area contributed by atoms with Gasteiger partial charge in [-0.2, -0.15) is 8.78 Å². The van der Waals surface area contributed by atoms with Gasteiger partial charge >= 0.3 is 0 Å². The van der Waals surface area contributed by atoms with Crippen LogP contribution in [0.1, 0.15) is 49.8 Å². The highest BCUT2D eigenvalue weighted by Crippen LogP contribution is 2.51. The molecule has 4 N–H and O–H groups in total. The maximum absolute atomic E-state index is 14.9. The number of nitrogens with one attached hydrogen (secondary N) is 2. The summed E-state index contributed by atoms with van der Waals surface area (Å²) in [6.45, 7) is 11.7. The highest BCUT2D eigenvalue weighted by atomic mass is 32.2. The van der Waals surface area contributed by atoms with Gasteiger partial charge in [0.1, 0.15) is 6.04 Å². The minimum Gasteiger partial charge on any atom is -0.399 e. The average molecular weight is 565 g/mol. The Morgan fingerprint density at radius 2 is 1.88 bits per heavy atom. The van der Waals surface area contributed by atoms with Crippen LogP contribution in [0.3, 0.4) is 0 Å². The van der Waals surface area contributed by atoms with Gasteiger partial charge in [-0.05, 0) is 66.8 Å². The Labute approximate surface area is 237 Å². The van der Waals surface area contributed by atoms with Gasteiger partial charge < -0.3 is 21.3 Å². The van der Waals surface area contributed by atoms with E-state index >= 15 is 0 Å². The maximum atomic E-state index is 14.9. The van der Waals surface area contributed by atoms with Crippen molar-refractivity contribution >= 4 is 29.3 Å². The summed E-state index contributed by atoms with van der Waals surface area (Å²) < 4.78 is 29.8.